The quantitative estimate of drug-likeness (QED) is 0.592. The summed E-state index contributed by atoms with van der Waals surface area (Å²) < 4.78 is 189. The summed E-state index contributed by atoms with van der Waals surface area (Å²) in [6.07, 6.45) is -14.3. The van der Waals surface area contributed by atoms with Crippen LogP contribution in [0.15, 0.2) is 0 Å². The van der Waals surface area contributed by atoms with Gasteiger partial charge >= 0.3 is 47.9 Å². The molecule has 0 aliphatic carbocycles. The summed E-state index contributed by atoms with van der Waals surface area (Å²) >= 11 is 0. The standard InChI is InChI=1S/C9H3F15O3/c10-3(11,1-27-4(12,2(25)26)8(19,20)21)5(13,14)6(15,16)7(17,18)9(22,23)24/h1H2,(H,25,26). The Kier molecular flexibility index (Phi) is 6.08. The van der Waals surface area contributed by atoms with Gasteiger partial charge in [0.25, 0.3) is 0 Å². The maximum atomic E-state index is 13.0. The number of halogens is 15. The van der Waals surface area contributed by atoms with Gasteiger partial charge < -0.3 is 9.84 Å². The molecule has 1 atom stereocenters. The molecule has 0 aromatic carbocycles. The van der Waals surface area contributed by atoms with E-state index >= 15 is 0 Å². The molecular weight excluding hydrogens is 441 g/mol. The average molecular weight is 444 g/mol. The van der Waals surface area contributed by atoms with E-state index in [4.69, 9.17) is 5.11 Å². The minimum absolute atomic E-state index is 2.32. The summed E-state index contributed by atoms with van der Waals surface area (Å²) in [6, 6.07) is 0. The average Bonchev–Trinajstić information content (AvgIpc) is 2.41. The van der Waals surface area contributed by atoms with Gasteiger partial charge in [0.1, 0.15) is 6.61 Å². The van der Waals surface area contributed by atoms with Crippen molar-refractivity contribution >= 4 is 5.97 Å². The molecule has 0 aromatic rings. The summed E-state index contributed by atoms with van der Waals surface area (Å²) in [5, 5.41) is 7.89. The van der Waals surface area contributed by atoms with Crippen LogP contribution in [-0.4, -0.2) is 59.6 Å². The monoisotopic (exact) mass is 444 g/mol. The summed E-state index contributed by atoms with van der Waals surface area (Å²) in [5.74, 6) is -40.6. The predicted octanol–water partition coefficient (Wildman–Crippen LogP) is 4.42. The van der Waals surface area contributed by atoms with E-state index in [0.29, 0.717) is 0 Å². The minimum Gasteiger partial charge on any atom is -0.477 e. The van der Waals surface area contributed by atoms with Crippen LogP contribution in [0, 0.1) is 0 Å². The van der Waals surface area contributed by atoms with Crippen LogP contribution in [0.3, 0.4) is 0 Å². The molecule has 0 bridgehead atoms. The second kappa shape index (κ2) is 6.47. The van der Waals surface area contributed by atoms with Crippen LogP contribution in [-0.2, 0) is 9.53 Å². The van der Waals surface area contributed by atoms with Crippen molar-refractivity contribution in [2.24, 2.45) is 0 Å². The lowest BCUT2D eigenvalue weighted by atomic mass is 9.98. The number of hydrogen-bond acceptors (Lipinski definition) is 2. The van der Waals surface area contributed by atoms with Crippen molar-refractivity contribution in [2.75, 3.05) is 6.61 Å². The molecule has 1 N–H and O–H groups in total. The van der Waals surface area contributed by atoms with Gasteiger partial charge in [0.2, 0.25) is 0 Å². The Hall–Kier alpha value is -1.62. The van der Waals surface area contributed by atoms with Gasteiger partial charge in [-0.25, -0.2) is 4.79 Å². The second-order valence-corrected chi connectivity index (χ2v) is 4.61. The lowest BCUT2D eigenvalue weighted by molar-refractivity contribution is -0.429. The van der Waals surface area contributed by atoms with Crippen molar-refractivity contribution < 1.29 is 80.5 Å². The largest absolute Gasteiger partial charge is 0.477 e. The van der Waals surface area contributed by atoms with Crippen LogP contribution >= 0.6 is 0 Å². The Bertz CT molecular complexity index is 562. The Balaban J connectivity index is 5.98. The lowest BCUT2D eigenvalue weighted by Crippen LogP contribution is -2.67. The predicted molar refractivity (Wildman–Crippen MR) is 49.3 cm³/mol. The molecular formula is C9H3F15O3. The molecule has 0 amide bonds. The van der Waals surface area contributed by atoms with E-state index in [1.807, 2.05) is 0 Å². The number of carboxylic acids is 1. The zero-order chi connectivity index (χ0) is 22.5. The van der Waals surface area contributed by atoms with Crippen molar-refractivity contribution in [3.8, 4) is 0 Å². The maximum absolute atomic E-state index is 13.0. The highest BCUT2D eigenvalue weighted by Crippen LogP contribution is 2.57. The Morgan fingerprint density at radius 3 is 1.26 bits per heavy atom. The number of ether oxygens (including phenoxy) is 1. The topological polar surface area (TPSA) is 46.5 Å². The summed E-state index contributed by atoms with van der Waals surface area (Å²) in [4.78, 5) is 10.1. The second-order valence-electron chi connectivity index (χ2n) is 4.61. The number of carbonyl (C=O) groups is 1. The molecule has 0 spiro atoms. The first-order chi connectivity index (χ1) is 11.4. The van der Waals surface area contributed by atoms with Crippen molar-refractivity contribution in [2.45, 2.75) is 41.9 Å². The SMILES string of the molecule is O=C(O)C(F)(OCC(F)(F)C(F)(F)C(F)(F)C(F)(F)C(F)(F)F)C(F)(F)F. The third kappa shape index (κ3) is 3.84. The van der Waals surface area contributed by atoms with Crippen LogP contribution < -0.4 is 0 Å². The molecule has 18 heteroatoms. The smallest absolute Gasteiger partial charge is 0.460 e. The van der Waals surface area contributed by atoms with E-state index in [9.17, 15) is 70.7 Å². The molecule has 0 saturated heterocycles. The van der Waals surface area contributed by atoms with E-state index < -0.39 is 54.5 Å². The zero-order valence-electron chi connectivity index (χ0n) is 11.6. The van der Waals surface area contributed by atoms with Crippen LogP contribution in [0.2, 0.25) is 0 Å². The fourth-order valence-corrected chi connectivity index (χ4v) is 1.15. The van der Waals surface area contributed by atoms with Gasteiger partial charge in [0, 0.05) is 0 Å². The van der Waals surface area contributed by atoms with E-state index in [2.05, 4.69) is 4.74 Å². The highest BCUT2D eigenvalue weighted by molar-refractivity contribution is 5.76. The Morgan fingerprint density at radius 1 is 0.630 bits per heavy atom. The highest BCUT2D eigenvalue weighted by atomic mass is 19.4. The molecule has 0 aromatic heterocycles. The number of rotatable bonds is 7. The first kappa shape index (κ1) is 25.4. The van der Waals surface area contributed by atoms with Gasteiger partial charge in [-0.1, -0.05) is 0 Å². The molecule has 0 heterocycles. The van der Waals surface area contributed by atoms with Crippen molar-refractivity contribution in [3.63, 3.8) is 0 Å². The first-order valence-electron chi connectivity index (χ1n) is 5.61. The normalized spacial score (nSPS) is 17.6. The summed E-state index contributed by atoms with van der Waals surface area (Å²) in [7, 11) is 0. The highest BCUT2D eigenvalue weighted by Gasteiger charge is 2.87. The lowest BCUT2D eigenvalue weighted by Gasteiger charge is -2.37. The van der Waals surface area contributed by atoms with Gasteiger partial charge in [-0.05, 0) is 0 Å². The van der Waals surface area contributed by atoms with E-state index in [0.717, 1.165) is 0 Å². The van der Waals surface area contributed by atoms with Gasteiger partial charge in [-0.2, -0.15) is 65.9 Å². The van der Waals surface area contributed by atoms with Crippen LogP contribution in [0.5, 0.6) is 0 Å². The Morgan fingerprint density at radius 2 is 1.00 bits per heavy atom. The Labute approximate surface area is 136 Å². The minimum atomic E-state index is -7.97. The molecule has 1 unspecified atom stereocenters. The van der Waals surface area contributed by atoms with Crippen molar-refractivity contribution in [3.05, 3.63) is 0 Å². The van der Waals surface area contributed by atoms with Crippen LogP contribution in [0.1, 0.15) is 0 Å². The van der Waals surface area contributed by atoms with Crippen molar-refractivity contribution in [1.29, 1.82) is 0 Å². The molecule has 0 fully saturated rings. The molecule has 3 nitrogen and oxygen atoms in total. The maximum Gasteiger partial charge on any atom is 0.460 e. The molecule has 0 rings (SSSR count). The fraction of sp³-hybridized carbons (Fsp3) is 0.889. The van der Waals surface area contributed by atoms with E-state index in [1.54, 1.807) is 0 Å². The molecule has 0 aliphatic rings. The number of hydrogen-bond donors (Lipinski definition) is 1. The van der Waals surface area contributed by atoms with Crippen LogP contribution in [0.4, 0.5) is 65.9 Å². The number of alkyl halides is 15. The van der Waals surface area contributed by atoms with E-state index in [1.165, 1.54) is 0 Å². The molecule has 0 aliphatic heterocycles. The van der Waals surface area contributed by atoms with Gasteiger partial charge in [0.15, 0.2) is 0 Å². The molecule has 162 valence electrons. The first-order valence-corrected chi connectivity index (χ1v) is 5.61. The number of carboxylic acid groups (broad SMARTS) is 1. The fourth-order valence-electron chi connectivity index (χ4n) is 1.15. The van der Waals surface area contributed by atoms with E-state index in [-0.39, 0.29) is 0 Å². The van der Waals surface area contributed by atoms with Crippen molar-refractivity contribution in [1.82, 2.24) is 0 Å². The summed E-state index contributed by atoms with van der Waals surface area (Å²) in [6.45, 7) is -3.97. The molecule has 27 heavy (non-hydrogen) atoms. The number of aliphatic carboxylic acids is 1. The van der Waals surface area contributed by atoms with Gasteiger partial charge in [0.05, 0.1) is 0 Å². The molecule has 0 radical (unpaired) electrons. The summed E-state index contributed by atoms with van der Waals surface area (Å²) in [5.41, 5.74) is 0. The van der Waals surface area contributed by atoms with Gasteiger partial charge in [-0.3, -0.25) is 0 Å². The van der Waals surface area contributed by atoms with Gasteiger partial charge in [-0.15, -0.1) is 0 Å². The third-order valence-electron chi connectivity index (χ3n) is 2.70. The molecule has 0 saturated carbocycles. The third-order valence-corrected chi connectivity index (χ3v) is 2.70. The van der Waals surface area contributed by atoms with Crippen LogP contribution in [0.25, 0.3) is 0 Å². The zero-order valence-corrected chi connectivity index (χ0v) is 11.6.